The van der Waals surface area contributed by atoms with Crippen LogP contribution in [0.3, 0.4) is 0 Å². The van der Waals surface area contributed by atoms with E-state index in [1.165, 1.54) is 18.5 Å². The lowest BCUT2D eigenvalue weighted by Gasteiger charge is -2.34. The molecule has 0 aromatic heterocycles. The molecule has 2 heterocycles. The van der Waals surface area contributed by atoms with Gasteiger partial charge in [-0.2, -0.15) is 0 Å². The van der Waals surface area contributed by atoms with Gasteiger partial charge in [0.15, 0.2) is 0 Å². The van der Waals surface area contributed by atoms with E-state index in [1.807, 2.05) is 18.2 Å². The molecule has 0 radical (unpaired) electrons. The number of rotatable bonds is 1. The van der Waals surface area contributed by atoms with Gasteiger partial charge in [0.2, 0.25) is 5.91 Å². The Morgan fingerprint density at radius 2 is 2.38 bits per heavy atom. The molecule has 0 spiro atoms. The van der Waals surface area contributed by atoms with Crippen LogP contribution < -0.4 is 16.0 Å². The second-order valence-electron chi connectivity index (χ2n) is 4.47. The maximum absolute atomic E-state index is 11.1. The van der Waals surface area contributed by atoms with Crippen molar-refractivity contribution < 1.29 is 4.79 Å². The van der Waals surface area contributed by atoms with Crippen molar-refractivity contribution in [3.63, 3.8) is 0 Å². The molecule has 2 aliphatic rings. The van der Waals surface area contributed by atoms with Crippen LogP contribution in [0.15, 0.2) is 18.2 Å². The van der Waals surface area contributed by atoms with Gasteiger partial charge in [0.05, 0.1) is 11.4 Å². The third kappa shape index (κ3) is 1.33. The van der Waals surface area contributed by atoms with Crippen LogP contribution in [0.25, 0.3) is 0 Å². The van der Waals surface area contributed by atoms with Crippen molar-refractivity contribution in [3.05, 3.63) is 23.8 Å². The molecule has 2 aliphatic heterocycles. The fourth-order valence-electron chi connectivity index (χ4n) is 2.67. The number of amides is 1. The van der Waals surface area contributed by atoms with Gasteiger partial charge in [-0.1, -0.05) is 0 Å². The van der Waals surface area contributed by atoms with E-state index < -0.39 is 0 Å². The summed E-state index contributed by atoms with van der Waals surface area (Å²) in [5.74, 6) is -0.367. The van der Waals surface area contributed by atoms with Gasteiger partial charge in [0.1, 0.15) is 0 Å². The van der Waals surface area contributed by atoms with Crippen molar-refractivity contribution in [2.45, 2.75) is 18.9 Å². The van der Waals surface area contributed by atoms with Gasteiger partial charge < -0.3 is 16.0 Å². The number of nitrogens with one attached hydrogen (secondary N) is 1. The summed E-state index contributed by atoms with van der Waals surface area (Å²) in [6.07, 6.45) is 2.51. The van der Waals surface area contributed by atoms with Crippen molar-refractivity contribution >= 4 is 17.3 Å². The van der Waals surface area contributed by atoms with Gasteiger partial charge in [-0.25, -0.2) is 0 Å². The summed E-state index contributed by atoms with van der Waals surface area (Å²) in [5, 5.41) is 3.38. The summed E-state index contributed by atoms with van der Waals surface area (Å²) in [6.45, 7) is 2.09. The van der Waals surface area contributed by atoms with Gasteiger partial charge in [0, 0.05) is 24.7 Å². The molecule has 1 saturated heterocycles. The molecule has 0 bridgehead atoms. The summed E-state index contributed by atoms with van der Waals surface area (Å²) in [6, 6.07) is 6.28. The number of anilines is 2. The lowest BCUT2D eigenvalue weighted by atomic mass is 10.1. The molecule has 0 saturated carbocycles. The minimum atomic E-state index is -0.367. The minimum Gasteiger partial charge on any atom is -0.381 e. The number of carbonyl (C=O) groups excluding carboxylic acids is 1. The van der Waals surface area contributed by atoms with Crippen molar-refractivity contribution in [1.29, 1.82) is 0 Å². The van der Waals surface area contributed by atoms with Crippen LogP contribution >= 0.6 is 0 Å². The van der Waals surface area contributed by atoms with Crippen molar-refractivity contribution in [1.82, 2.24) is 0 Å². The molecule has 0 aliphatic carbocycles. The van der Waals surface area contributed by atoms with E-state index in [0.29, 0.717) is 11.6 Å². The zero-order valence-corrected chi connectivity index (χ0v) is 9.07. The first-order valence-corrected chi connectivity index (χ1v) is 5.70. The van der Waals surface area contributed by atoms with E-state index in [9.17, 15) is 4.79 Å². The van der Waals surface area contributed by atoms with Crippen molar-refractivity contribution in [3.8, 4) is 0 Å². The van der Waals surface area contributed by atoms with Crippen LogP contribution in [0.4, 0.5) is 11.4 Å². The third-order valence-corrected chi connectivity index (χ3v) is 3.50. The molecule has 1 aromatic carbocycles. The number of nitrogens with zero attached hydrogens (tertiary/aromatic N) is 1. The summed E-state index contributed by atoms with van der Waals surface area (Å²) < 4.78 is 0. The Kier molecular flexibility index (Phi) is 2.02. The summed E-state index contributed by atoms with van der Waals surface area (Å²) in [4.78, 5) is 13.5. The summed E-state index contributed by atoms with van der Waals surface area (Å²) in [5.41, 5.74) is 8.09. The Hall–Kier alpha value is -1.71. The Labute approximate surface area is 94.4 Å². The molecular formula is C12H15N3O. The number of fused-ring (bicyclic) bond motifs is 3. The molecule has 3 rings (SSSR count). The molecule has 1 aromatic rings. The van der Waals surface area contributed by atoms with Crippen molar-refractivity contribution in [2.75, 3.05) is 23.3 Å². The molecule has 1 amide bonds. The van der Waals surface area contributed by atoms with Crippen LogP contribution in [0, 0.1) is 0 Å². The molecule has 1 fully saturated rings. The molecule has 4 nitrogen and oxygen atoms in total. The Morgan fingerprint density at radius 3 is 3.19 bits per heavy atom. The van der Waals surface area contributed by atoms with E-state index in [0.717, 1.165) is 18.8 Å². The maximum Gasteiger partial charge on any atom is 0.248 e. The standard InChI is InChI=1S/C12H15N3O/c13-12(16)8-3-4-11-10(6-8)14-7-9-2-1-5-15(9)11/h3-4,6,9,14H,1-2,5,7H2,(H2,13,16). The predicted octanol–water partition coefficient (Wildman–Crippen LogP) is 1.18. The highest BCUT2D eigenvalue weighted by molar-refractivity contribution is 5.95. The second kappa shape index (κ2) is 3.40. The van der Waals surface area contributed by atoms with Gasteiger partial charge in [-0.15, -0.1) is 0 Å². The SMILES string of the molecule is NC(=O)c1ccc2c(c1)NCC1CCCN21. The maximum atomic E-state index is 11.1. The van der Waals surface area contributed by atoms with E-state index in [2.05, 4.69) is 10.2 Å². The van der Waals surface area contributed by atoms with Gasteiger partial charge in [-0.05, 0) is 31.0 Å². The number of hydrogen-bond donors (Lipinski definition) is 2. The van der Waals surface area contributed by atoms with Crippen LogP contribution in [0.1, 0.15) is 23.2 Å². The predicted molar refractivity (Wildman–Crippen MR) is 63.8 cm³/mol. The summed E-state index contributed by atoms with van der Waals surface area (Å²) >= 11 is 0. The van der Waals surface area contributed by atoms with Crippen LogP contribution in [-0.2, 0) is 0 Å². The largest absolute Gasteiger partial charge is 0.381 e. The molecular weight excluding hydrogens is 202 g/mol. The van der Waals surface area contributed by atoms with Gasteiger partial charge in [-0.3, -0.25) is 4.79 Å². The van der Waals surface area contributed by atoms with E-state index >= 15 is 0 Å². The normalized spacial score (nSPS) is 22.2. The van der Waals surface area contributed by atoms with E-state index in [4.69, 9.17) is 5.73 Å². The topological polar surface area (TPSA) is 58.4 Å². The number of nitrogens with two attached hydrogens (primary N) is 1. The van der Waals surface area contributed by atoms with Crippen molar-refractivity contribution in [2.24, 2.45) is 5.73 Å². The summed E-state index contributed by atoms with van der Waals surface area (Å²) in [7, 11) is 0. The smallest absolute Gasteiger partial charge is 0.248 e. The van der Waals surface area contributed by atoms with Crippen LogP contribution in [0.2, 0.25) is 0 Å². The Morgan fingerprint density at radius 1 is 1.50 bits per heavy atom. The Bertz CT molecular complexity index is 444. The minimum absolute atomic E-state index is 0.367. The van der Waals surface area contributed by atoms with Crippen LogP contribution in [0.5, 0.6) is 0 Å². The number of benzene rings is 1. The zero-order chi connectivity index (χ0) is 11.1. The molecule has 84 valence electrons. The quantitative estimate of drug-likeness (QED) is 0.742. The highest BCUT2D eigenvalue weighted by atomic mass is 16.1. The number of carbonyl (C=O) groups is 1. The average molecular weight is 217 g/mol. The lowest BCUT2D eigenvalue weighted by molar-refractivity contribution is 0.100. The zero-order valence-electron chi connectivity index (χ0n) is 9.07. The molecule has 1 unspecified atom stereocenters. The molecule has 4 heteroatoms. The highest BCUT2D eigenvalue weighted by Gasteiger charge is 2.30. The first-order valence-electron chi connectivity index (χ1n) is 5.70. The number of primary amides is 1. The fraction of sp³-hybridized carbons (Fsp3) is 0.417. The van der Waals surface area contributed by atoms with E-state index in [-0.39, 0.29) is 5.91 Å². The average Bonchev–Trinajstić information content (AvgIpc) is 2.76. The third-order valence-electron chi connectivity index (χ3n) is 3.50. The van der Waals surface area contributed by atoms with Gasteiger partial charge >= 0.3 is 0 Å². The fourth-order valence-corrected chi connectivity index (χ4v) is 2.67. The molecule has 1 atom stereocenters. The first-order chi connectivity index (χ1) is 7.75. The van der Waals surface area contributed by atoms with E-state index in [1.54, 1.807) is 0 Å². The monoisotopic (exact) mass is 217 g/mol. The Balaban J connectivity index is 2.02. The molecule has 16 heavy (non-hydrogen) atoms. The van der Waals surface area contributed by atoms with Gasteiger partial charge in [0.25, 0.3) is 0 Å². The number of hydrogen-bond acceptors (Lipinski definition) is 3. The first kappa shape index (κ1) is 9.51. The highest BCUT2D eigenvalue weighted by Crippen LogP contribution is 2.36. The van der Waals surface area contributed by atoms with Crippen LogP contribution in [-0.4, -0.2) is 25.0 Å². The lowest BCUT2D eigenvalue weighted by Crippen LogP contribution is -2.39. The second-order valence-corrected chi connectivity index (χ2v) is 4.47. The molecule has 3 N–H and O–H groups in total.